The van der Waals surface area contributed by atoms with Crippen LogP contribution in [0.1, 0.15) is 10.4 Å². The minimum absolute atomic E-state index is 0.184. The summed E-state index contributed by atoms with van der Waals surface area (Å²) >= 11 is 20.9. The topological polar surface area (TPSA) is 17.1 Å². The number of alkyl halides is 3. The molecule has 1 aromatic rings. The molecule has 0 bridgehead atoms. The van der Waals surface area contributed by atoms with Crippen molar-refractivity contribution >= 4 is 76.8 Å². The highest BCUT2D eigenvalue weighted by atomic mass is 80.0. The Kier molecular flexibility index (Phi) is 4.48. The van der Waals surface area contributed by atoms with E-state index in [1.807, 2.05) is 0 Å². The van der Waals surface area contributed by atoms with E-state index in [0.29, 0.717) is 15.6 Å². The molecule has 0 saturated heterocycles. The first-order valence-corrected chi connectivity index (χ1v) is 6.52. The highest BCUT2D eigenvalue weighted by Gasteiger charge is 2.29. The summed E-state index contributed by atoms with van der Waals surface area (Å²) in [6, 6.07) is 4.70. The van der Waals surface area contributed by atoms with Crippen molar-refractivity contribution in [3.63, 3.8) is 0 Å². The molecule has 0 spiro atoms. The van der Waals surface area contributed by atoms with E-state index in [4.69, 9.17) is 23.2 Å². The van der Waals surface area contributed by atoms with Gasteiger partial charge in [-0.3, -0.25) is 4.79 Å². The van der Waals surface area contributed by atoms with Gasteiger partial charge < -0.3 is 0 Å². The summed E-state index contributed by atoms with van der Waals surface area (Å²) in [6.07, 6.45) is 0. The molecule has 0 aromatic heterocycles. The SMILES string of the molecule is O=C(c1ccc(Cl)c(Cl)c1)C(Br)(Br)Br. The molecule has 0 aliphatic rings. The molecular weight excluding hydrogens is 423 g/mol. The molecule has 0 aliphatic heterocycles. The van der Waals surface area contributed by atoms with Crippen LogP contribution in [0.15, 0.2) is 18.2 Å². The van der Waals surface area contributed by atoms with Crippen molar-refractivity contribution in [2.45, 2.75) is 2.14 Å². The molecule has 6 heteroatoms. The average Bonchev–Trinajstić information content (AvgIpc) is 2.07. The zero-order valence-electron chi connectivity index (χ0n) is 6.53. The minimum Gasteiger partial charge on any atom is -0.291 e. The van der Waals surface area contributed by atoms with E-state index >= 15 is 0 Å². The Morgan fingerprint density at radius 2 is 1.71 bits per heavy atom. The molecule has 0 unspecified atom stereocenters. The first-order valence-electron chi connectivity index (χ1n) is 3.39. The van der Waals surface area contributed by atoms with Crippen molar-refractivity contribution < 1.29 is 4.79 Å². The van der Waals surface area contributed by atoms with E-state index in [-0.39, 0.29) is 5.78 Å². The third-order valence-electron chi connectivity index (χ3n) is 1.44. The number of Topliss-reactive ketones (excluding diaryl/α,β-unsaturated/α-hetero) is 1. The van der Waals surface area contributed by atoms with Gasteiger partial charge in [0.25, 0.3) is 0 Å². The molecule has 14 heavy (non-hydrogen) atoms. The number of hydrogen-bond donors (Lipinski definition) is 0. The lowest BCUT2D eigenvalue weighted by Crippen LogP contribution is -2.16. The lowest BCUT2D eigenvalue weighted by Gasteiger charge is -2.10. The maximum Gasteiger partial charge on any atom is 0.201 e. The van der Waals surface area contributed by atoms with E-state index in [2.05, 4.69) is 47.8 Å². The molecule has 0 N–H and O–H groups in total. The smallest absolute Gasteiger partial charge is 0.201 e. The highest BCUT2D eigenvalue weighted by molar-refractivity contribution is 9.40. The molecule has 0 heterocycles. The van der Waals surface area contributed by atoms with Gasteiger partial charge in [-0.15, -0.1) is 0 Å². The van der Waals surface area contributed by atoms with E-state index < -0.39 is 2.14 Å². The van der Waals surface area contributed by atoms with Crippen LogP contribution in [0.4, 0.5) is 0 Å². The maximum atomic E-state index is 11.7. The highest BCUT2D eigenvalue weighted by Crippen LogP contribution is 2.37. The normalized spacial score (nSPS) is 11.5. The predicted octanol–water partition coefficient (Wildman–Crippen LogP) is 5.01. The fourth-order valence-electron chi connectivity index (χ4n) is 0.801. The zero-order chi connectivity index (χ0) is 10.9. The molecule has 0 atom stereocenters. The Balaban J connectivity index is 3.10. The van der Waals surface area contributed by atoms with Crippen molar-refractivity contribution in [3.05, 3.63) is 33.8 Å². The van der Waals surface area contributed by atoms with Crippen molar-refractivity contribution in [1.29, 1.82) is 0 Å². The monoisotopic (exact) mass is 422 g/mol. The third-order valence-corrected chi connectivity index (χ3v) is 3.26. The van der Waals surface area contributed by atoms with E-state index in [1.54, 1.807) is 12.1 Å². The van der Waals surface area contributed by atoms with Crippen LogP contribution in [-0.4, -0.2) is 7.93 Å². The van der Waals surface area contributed by atoms with Crippen LogP contribution in [0.3, 0.4) is 0 Å². The third kappa shape index (κ3) is 3.20. The minimum atomic E-state index is -0.954. The number of carbonyl (C=O) groups is 1. The number of hydrogen-bond acceptors (Lipinski definition) is 1. The van der Waals surface area contributed by atoms with Crippen LogP contribution in [0.25, 0.3) is 0 Å². The summed E-state index contributed by atoms with van der Waals surface area (Å²) in [7, 11) is 0. The van der Waals surface area contributed by atoms with Crippen LogP contribution in [0.5, 0.6) is 0 Å². The van der Waals surface area contributed by atoms with Crippen molar-refractivity contribution in [1.82, 2.24) is 0 Å². The molecule has 0 fully saturated rings. The fraction of sp³-hybridized carbons (Fsp3) is 0.125. The molecule has 1 rings (SSSR count). The van der Waals surface area contributed by atoms with Crippen molar-refractivity contribution in [3.8, 4) is 0 Å². The van der Waals surface area contributed by atoms with Gasteiger partial charge in [0, 0.05) is 5.56 Å². The lowest BCUT2D eigenvalue weighted by molar-refractivity contribution is 0.101. The van der Waals surface area contributed by atoms with Crippen LogP contribution in [0, 0.1) is 0 Å². The number of carbonyl (C=O) groups excluding carboxylic acids is 1. The van der Waals surface area contributed by atoms with Crippen LogP contribution >= 0.6 is 71.0 Å². The zero-order valence-corrected chi connectivity index (χ0v) is 12.8. The van der Waals surface area contributed by atoms with Gasteiger partial charge in [-0.25, -0.2) is 0 Å². The van der Waals surface area contributed by atoms with Crippen LogP contribution in [-0.2, 0) is 0 Å². The van der Waals surface area contributed by atoms with Crippen molar-refractivity contribution in [2.24, 2.45) is 0 Å². The molecule has 1 nitrogen and oxygen atoms in total. The van der Waals surface area contributed by atoms with Gasteiger partial charge in [-0.05, 0) is 18.2 Å². The first-order chi connectivity index (χ1) is 6.32. The Bertz CT molecular complexity index is 373. The number of rotatable bonds is 1. The molecule has 0 aliphatic carbocycles. The van der Waals surface area contributed by atoms with Gasteiger partial charge in [0.15, 0.2) is 2.14 Å². The van der Waals surface area contributed by atoms with Gasteiger partial charge in [-0.1, -0.05) is 71.0 Å². The second kappa shape index (κ2) is 4.83. The average molecular weight is 426 g/mol. The largest absolute Gasteiger partial charge is 0.291 e. The molecular formula is C8H3Br3Cl2O. The van der Waals surface area contributed by atoms with Gasteiger partial charge >= 0.3 is 0 Å². The summed E-state index contributed by atoms with van der Waals surface area (Å²) in [4.78, 5) is 11.7. The second-order valence-electron chi connectivity index (χ2n) is 2.46. The van der Waals surface area contributed by atoms with Gasteiger partial charge in [0.1, 0.15) is 0 Å². The summed E-state index contributed by atoms with van der Waals surface area (Å²) in [5, 5.41) is 0.779. The predicted molar refractivity (Wildman–Crippen MR) is 70.3 cm³/mol. The molecule has 0 saturated carbocycles. The van der Waals surface area contributed by atoms with E-state index in [1.165, 1.54) is 6.07 Å². The summed E-state index contributed by atoms with van der Waals surface area (Å²) < 4.78 is -0.954. The second-order valence-corrected chi connectivity index (χ2v) is 10.0. The van der Waals surface area contributed by atoms with Crippen molar-refractivity contribution in [2.75, 3.05) is 0 Å². The standard InChI is InChI=1S/C8H3Br3Cl2O/c9-8(10,11)7(14)4-1-2-5(12)6(13)3-4/h1-3H. The number of ketones is 1. The summed E-state index contributed by atoms with van der Waals surface area (Å²) in [5.41, 5.74) is 0.463. The summed E-state index contributed by atoms with van der Waals surface area (Å²) in [6.45, 7) is 0. The fourth-order valence-corrected chi connectivity index (χ4v) is 1.79. The quantitative estimate of drug-likeness (QED) is 0.456. The Morgan fingerprint density at radius 1 is 1.14 bits per heavy atom. The molecule has 0 amide bonds. The van der Waals surface area contributed by atoms with Crippen LogP contribution in [0.2, 0.25) is 10.0 Å². The summed E-state index contributed by atoms with van der Waals surface area (Å²) in [5.74, 6) is -0.184. The van der Waals surface area contributed by atoms with Gasteiger partial charge in [0.05, 0.1) is 10.0 Å². The van der Waals surface area contributed by atoms with Crippen LogP contribution < -0.4 is 0 Å². The lowest BCUT2D eigenvalue weighted by atomic mass is 10.1. The number of halogens is 5. The van der Waals surface area contributed by atoms with E-state index in [9.17, 15) is 4.79 Å². The molecule has 1 aromatic carbocycles. The number of benzene rings is 1. The molecule has 0 radical (unpaired) electrons. The molecule has 76 valence electrons. The van der Waals surface area contributed by atoms with Gasteiger partial charge in [-0.2, -0.15) is 0 Å². The van der Waals surface area contributed by atoms with E-state index in [0.717, 1.165) is 0 Å². The maximum absolute atomic E-state index is 11.7. The Morgan fingerprint density at radius 3 is 2.14 bits per heavy atom. The first kappa shape index (κ1) is 13.0. The van der Waals surface area contributed by atoms with Gasteiger partial charge in [0.2, 0.25) is 5.78 Å². The Labute approximate surface area is 117 Å². The Hall–Kier alpha value is 0.910.